The van der Waals surface area contributed by atoms with E-state index in [0.29, 0.717) is 11.7 Å². The smallest absolute Gasteiger partial charge is 0.262 e. The topological polar surface area (TPSA) is 69.0 Å². The maximum atomic E-state index is 12.2. The predicted molar refractivity (Wildman–Crippen MR) is 108 cm³/mol. The van der Waals surface area contributed by atoms with Crippen molar-refractivity contribution < 1.29 is 9.53 Å². The molecule has 0 fully saturated rings. The summed E-state index contributed by atoms with van der Waals surface area (Å²) in [5.74, 6) is 0.806. The predicted octanol–water partition coefficient (Wildman–Crippen LogP) is 4.56. The van der Waals surface area contributed by atoms with Crippen LogP contribution in [0.3, 0.4) is 0 Å². The van der Waals surface area contributed by atoms with E-state index in [4.69, 9.17) is 4.74 Å². The van der Waals surface area contributed by atoms with Crippen LogP contribution in [0.1, 0.15) is 31.7 Å². The van der Waals surface area contributed by atoms with E-state index < -0.39 is 0 Å². The molecule has 0 saturated heterocycles. The molecule has 1 atom stereocenters. The van der Waals surface area contributed by atoms with Gasteiger partial charge in [-0.15, -0.1) is 10.2 Å². The molecule has 0 saturated carbocycles. The van der Waals surface area contributed by atoms with E-state index in [-0.39, 0.29) is 12.5 Å². The highest BCUT2D eigenvalue weighted by atomic mass is 79.9. The first-order valence-electron chi connectivity index (χ1n) is 8.74. The van der Waals surface area contributed by atoms with Gasteiger partial charge in [-0.05, 0) is 54.3 Å². The monoisotopic (exact) mass is 428 g/mol. The van der Waals surface area contributed by atoms with Gasteiger partial charge in [0.15, 0.2) is 6.61 Å². The zero-order valence-corrected chi connectivity index (χ0v) is 16.8. The lowest BCUT2D eigenvalue weighted by molar-refractivity contribution is -0.118. The average molecular weight is 429 g/mol. The van der Waals surface area contributed by atoms with Gasteiger partial charge in [0.1, 0.15) is 18.4 Å². The molecule has 27 heavy (non-hydrogen) atoms. The number of ether oxygens (including phenoxy) is 1. The molecular formula is C20H21BrN4O2. The van der Waals surface area contributed by atoms with Crippen molar-refractivity contribution in [1.82, 2.24) is 14.8 Å². The van der Waals surface area contributed by atoms with Crippen LogP contribution in [0.2, 0.25) is 0 Å². The fraction of sp³-hybridized carbons (Fsp3) is 0.250. The number of carbonyl (C=O) groups is 1. The van der Waals surface area contributed by atoms with Crippen molar-refractivity contribution >= 4 is 27.5 Å². The molecule has 1 amide bonds. The molecule has 2 aromatic carbocycles. The van der Waals surface area contributed by atoms with Gasteiger partial charge in [0, 0.05) is 10.2 Å². The zero-order chi connectivity index (χ0) is 19.2. The molecule has 6 nitrogen and oxygen atoms in total. The summed E-state index contributed by atoms with van der Waals surface area (Å²) in [5.41, 5.74) is 2.74. The van der Waals surface area contributed by atoms with E-state index in [9.17, 15) is 4.79 Å². The number of benzene rings is 2. The van der Waals surface area contributed by atoms with Crippen LogP contribution in [-0.4, -0.2) is 27.3 Å². The maximum absolute atomic E-state index is 12.2. The Bertz CT molecular complexity index is 895. The van der Waals surface area contributed by atoms with Crippen molar-refractivity contribution in [3.05, 3.63) is 65.2 Å². The molecule has 0 radical (unpaired) electrons. The molecule has 1 heterocycles. The zero-order valence-electron chi connectivity index (χ0n) is 15.2. The third-order valence-electron chi connectivity index (χ3n) is 4.35. The Kier molecular flexibility index (Phi) is 6.24. The summed E-state index contributed by atoms with van der Waals surface area (Å²) in [6, 6.07) is 13.4. The Labute approximate surface area is 166 Å². The number of hydrogen-bond donors (Lipinski definition) is 1. The van der Waals surface area contributed by atoms with Crippen LogP contribution in [0.5, 0.6) is 5.75 Å². The van der Waals surface area contributed by atoms with Crippen LogP contribution in [0.25, 0.3) is 5.69 Å². The fourth-order valence-electron chi connectivity index (χ4n) is 2.60. The van der Waals surface area contributed by atoms with Crippen LogP contribution in [-0.2, 0) is 4.79 Å². The number of anilines is 1. The van der Waals surface area contributed by atoms with E-state index in [0.717, 1.165) is 22.3 Å². The van der Waals surface area contributed by atoms with Crippen LogP contribution in [0.15, 0.2) is 59.6 Å². The summed E-state index contributed by atoms with van der Waals surface area (Å²) in [5, 5.41) is 10.5. The molecule has 140 valence electrons. The summed E-state index contributed by atoms with van der Waals surface area (Å²) < 4.78 is 8.53. The second-order valence-electron chi connectivity index (χ2n) is 6.25. The molecule has 0 bridgehead atoms. The first-order valence-corrected chi connectivity index (χ1v) is 9.53. The van der Waals surface area contributed by atoms with Crippen molar-refractivity contribution in [2.24, 2.45) is 0 Å². The standard InChI is InChI=1S/C20H21BrN4O2/c1-3-14(2)15-4-9-19(18(10-15)25-12-22-23-13-25)27-11-20(26)24-17-7-5-16(21)6-8-17/h4-10,12-14H,3,11H2,1-2H3,(H,24,26)/t14-/m0/s1. The van der Waals surface area contributed by atoms with Crippen molar-refractivity contribution in [3.63, 3.8) is 0 Å². The van der Waals surface area contributed by atoms with E-state index in [1.807, 2.05) is 36.4 Å². The van der Waals surface area contributed by atoms with E-state index in [1.54, 1.807) is 17.2 Å². The van der Waals surface area contributed by atoms with Crippen LogP contribution >= 0.6 is 15.9 Å². The van der Waals surface area contributed by atoms with Gasteiger partial charge in [-0.2, -0.15) is 0 Å². The molecule has 0 aliphatic rings. The maximum Gasteiger partial charge on any atom is 0.262 e. The van der Waals surface area contributed by atoms with Crippen LogP contribution in [0, 0.1) is 0 Å². The third-order valence-corrected chi connectivity index (χ3v) is 4.88. The van der Waals surface area contributed by atoms with Crippen LogP contribution < -0.4 is 10.1 Å². The van der Waals surface area contributed by atoms with Gasteiger partial charge in [-0.1, -0.05) is 35.8 Å². The second-order valence-corrected chi connectivity index (χ2v) is 7.17. The highest BCUT2D eigenvalue weighted by molar-refractivity contribution is 9.10. The number of rotatable bonds is 7. The number of halogens is 1. The molecule has 0 aliphatic heterocycles. The number of nitrogens with zero attached hydrogens (tertiary/aromatic N) is 3. The van der Waals surface area contributed by atoms with E-state index in [1.165, 1.54) is 5.56 Å². The average Bonchev–Trinajstić information content (AvgIpc) is 3.22. The van der Waals surface area contributed by atoms with E-state index >= 15 is 0 Å². The number of amides is 1. The summed E-state index contributed by atoms with van der Waals surface area (Å²) in [6.45, 7) is 4.24. The number of hydrogen-bond acceptors (Lipinski definition) is 4. The Morgan fingerprint density at radius 3 is 2.56 bits per heavy atom. The second kappa shape index (κ2) is 8.81. The molecule has 1 aromatic heterocycles. The quantitative estimate of drug-likeness (QED) is 0.598. The molecule has 0 aliphatic carbocycles. The van der Waals surface area contributed by atoms with Gasteiger partial charge < -0.3 is 10.1 Å². The van der Waals surface area contributed by atoms with E-state index in [2.05, 4.69) is 51.4 Å². The van der Waals surface area contributed by atoms with Crippen molar-refractivity contribution in [1.29, 1.82) is 0 Å². The van der Waals surface area contributed by atoms with Gasteiger partial charge in [-0.3, -0.25) is 9.36 Å². The van der Waals surface area contributed by atoms with Gasteiger partial charge in [0.05, 0.1) is 5.69 Å². The number of carbonyl (C=O) groups excluding carboxylic acids is 1. The molecule has 0 unspecified atom stereocenters. The molecular weight excluding hydrogens is 408 g/mol. The Morgan fingerprint density at radius 2 is 1.89 bits per heavy atom. The minimum Gasteiger partial charge on any atom is -0.482 e. The first kappa shape index (κ1) is 19.1. The SMILES string of the molecule is CC[C@H](C)c1ccc(OCC(=O)Nc2ccc(Br)cc2)c(-n2cnnc2)c1. The normalized spacial score (nSPS) is 11.8. The van der Waals surface area contributed by atoms with Gasteiger partial charge in [-0.25, -0.2) is 0 Å². The van der Waals surface area contributed by atoms with Gasteiger partial charge in [0.2, 0.25) is 0 Å². The Hall–Kier alpha value is -2.67. The minimum atomic E-state index is -0.224. The molecule has 3 aromatic rings. The van der Waals surface area contributed by atoms with Crippen molar-refractivity contribution in [2.75, 3.05) is 11.9 Å². The highest BCUT2D eigenvalue weighted by Crippen LogP contribution is 2.28. The van der Waals surface area contributed by atoms with Crippen molar-refractivity contribution in [2.45, 2.75) is 26.2 Å². The molecule has 0 spiro atoms. The number of nitrogens with one attached hydrogen (secondary N) is 1. The lowest BCUT2D eigenvalue weighted by Crippen LogP contribution is -2.20. The lowest BCUT2D eigenvalue weighted by atomic mass is 9.98. The lowest BCUT2D eigenvalue weighted by Gasteiger charge is -2.16. The largest absolute Gasteiger partial charge is 0.482 e. The van der Waals surface area contributed by atoms with Gasteiger partial charge in [0.25, 0.3) is 5.91 Å². The van der Waals surface area contributed by atoms with Gasteiger partial charge >= 0.3 is 0 Å². The summed E-state index contributed by atoms with van der Waals surface area (Å²) in [4.78, 5) is 12.2. The fourth-order valence-corrected chi connectivity index (χ4v) is 2.86. The number of aromatic nitrogens is 3. The van der Waals surface area contributed by atoms with Crippen LogP contribution in [0.4, 0.5) is 5.69 Å². The first-order chi connectivity index (χ1) is 13.1. The summed E-state index contributed by atoms with van der Waals surface area (Å²) in [7, 11) is 0. The van der Waals surface area contributed by atoms with Crippen molar-refractivity contribution in [3.8, 4) is 11.4 Å². The third kappa shape index (κ3) is 4.95. The summed E-state index contributed by atoms with van der Waals surface area (Å²) >= 11 is 3.37. The highest BCUT2D eigenvalue weighted by Gasteiger charge is 2.12. The minimum absolute atomic E-state index is 0.0894. The Balaban J connectivity index is 1.73. The molecule has 7 heteroatoms. The molecule has 3 rings (SSSR count). The Morgan fingerprint density at radius 1 is 1.19 bits per heavy atom. The molecule has 1 N–H and O–H groups in total. The summed E-state index contributed by atoms with van der Waals surface area (Å²) in [6.07, 6.45) is 4.27.